The van der Waals surface area contributed by atoms with Crippen molar-refractivity contribution < 1.29 is 0 Å². The first kappa shape index (κ1) is 39.9. The van der Waals surface area contributed by atoms with Crippen molar-refractivity contribution in [1.29, 1.82) is 0 Å². The molecule has 56 heavy (non-hydrogen) atoms. The van der Waals surface area contributed by atoms with Crippen molar-refractivity contribution in [2.75, 3.05) is 6.54 Å². The van der Waals surface area contributed by atoms with Crippen LogP contribution in [-0.2, 0) is 0 Å². The lowest BCUT2D eigenvalue weighted by Crippen LogP contribution is -2.64. The largest absolute Gasteiger partial charge is 0.300 e. The maximum absolute atomic E-state index is 4.43. The second kappa shape index (κ2) is 18.8. The molecule has 3 N–H and O–H groups in total. The molecular weight excluding hydrogens is 683 g/mol. The van der Waals surface area contributed by atoms with E-state index in [0.717, 1.165) is 83.7 Å². The first-order valence-corrected chi connectivity index (χ1v) is 26.6. The van der Waals surface area contributed by atoms with Crippen LogP contribution in [0, 0.1) is 41.4 Å². The number of nitrogens with one attached hydrogen (secondary N) is 3. The van der Waals surface area contributed by atoms with Crippen LogP contribution in [0.1, 0.15) is 218 Å². The average Bonchev–Trinajstić information content (AvgIpc) is 3.61. The van der Waals surface area contributed by atoms with Crippen molar-refractivity contribution >= 4 is 0 Å². The molecule has 8 unspecified atom stereocenters. The lowest BCUT2D eigenvalue weighted by molar-refractivity contribution is -0.0112. The summed E-state index contributed by atoms with van der Waals surface area (Å²) in [5.41, 5.74) is 0. The summed E-state index contributed by atoms with van der Waals surface area (Å²) in [7, 11) is 0. The van der Waals surface area contributed by atoms with Gasteiger partial charge in [-0.05, 0) is 170 Å². The van der Waals surface area contributed by atoms with Crippen molar-refractivity contribution in [2.45, 2.75) is 273 Å². The first-order chi connectivity index (χ1) is 27.8. The van der Waals surface area contributed by atoms with Crippen LogP contribution in [0.5, 0.6) is 0 Å². The molecule has 10 fully saturated rings. The molecule has 0 bridgehead atoms. The summed E-state index contributed by atoms with van der Waals surface area (Å²) in [6.45, 7) is 1.28. The first-order valence-electron chi connectivity index (χ1n) is 26.6. The van der Waals surface area contributed by atoms with Gasteiger partial charge in [-0.15, -0.1) is 0 Å². The molecule has 8 atom stereocenters. The minimum Gasteiger partial charge on any atom is -0.300 e. The van der Waals surface area contributed by atoms with Crippen LogP contribution < -0.4 is 16.0 Å². The number of nitrogens with zero attached hydrogens (tertiary/aromatic N) is 2. The Bertz CT molecular complexity index is 1140. The molecule has 7 saturated carbocycles. The fourth-order valence-corrected chi connectivity index (χ4v) is 17.0. The van der Waals surface area contributed by atoms with Crippen molar-refractivity contribution in [3.05, 3.63) is 0 Å². The number of fused-ring (bicyclic) bond motifs is 3. The monoisotopic (exact) mass is 772 g/mol. The Balaban J connectivity index is 0.749. The number of piperidine rings is 1. The highest BCUT2D eigenvalue weighted by molar-refractivity contribution is 5.08. The Hall–Kier alpha value is -0.200. The molecule has 3 aliphatic heterocycles. The van der Waals surface area contributed by atoms with E-state index < -0.39 is 0 Å². The van der Waals surface area contributed by atoms with E-state index in [0.29, 0.717) is 12.3 Å². The normalized spacial score (nSPS) is 44.7. The molecule has 5 heteroatoms. The molecule has 0 aromatic carbocycles. The molecular formula is C51H89N5. The third kappa shape index (κ3) is 8.63. The summed E-state index contributed by atoms with van der Waals surface area (Å²) in [5.74, 6) is 6.66. The maximum atomic E-state index is 4.43. The Morgan fingerprint density at radius 1 is 0.375 bits per heavy atom. The smallest absolute Gasteiger partial charge is 0.0635 e. The Morgan fingerprint density at radius 2 is 0.857 bits per heavy atom. The van der Waals surface area contributed by atoms with E-state index in [1.807, 2.05) is 0 Å². The molecule has 0 spiro atoms. The Kier molecular flexibility index (Phi) is 13.4. The van der Waals surface area contributed by atoms with Crippen LogP contribution in [0.4, 0.5) is 0 Å². The number of hydrogen-bond donors (Lipinski definition) is 3. The Morgan fingerprint density at radius 3 is 1.46 bits per heavy atom. The summed E-state index contributed by atoms with van der Waals surface area (Å²) in [6, 6.07) is 5.86. The highest BCUT2D eigenvalue weighted by atomic mass is 15.4. The minimum atomic E-state index is 0.597. The second-order valence-electron chi connectivity index (χ2n) is 22.7. The number of likely N-dealkylation sites (tertiary alicyclic amines) is 1. The van der Waals surface area contributed by atoms with Gasteiger partial charge in [0.25, 0.3) is 0 Å². The molecule has 5 nitrogen and oxygen atoms in total. The molecule has 7 aliphatic carbocycles. The molecule has 0 aromatic heterocycles. The predicted octanol–water partition coefficient (Wildman–Crippen LogP) is 11.3. The van der Waals surface area contributed by atoms with Crippen molar-refractivity contribution in [1.82, 2.24) is 25.8 Å². The molecule has 0 aromatic rings. The van der Waals surface area contributed by atoms with Crippen LogP contribution in [0.2, 0.25) is 0 Å². The van der Waals surface area contributed by atoms with Crippen LogP contribution in [0.3, 0.4) is 0 Å². The molecule has 10 rings (SSSR count). The zero-order valence-electron chi connectivity index (χ0n) is 36.4. The van der Waals surface area contributed by atoms with Gasteiger partial charge >= 0.3 is 0 Å². The van der Waals surface area contributed by atoms with Gasteiger partial charge in [0.2, 0.25) is 0 Å². The van der Waals surface area contributed by atoms with E-state index in [9.17, 15) is 0 Å². The molecule has 3 heterocycles. The summed E-state index contributed by atoms with van der Waals surface area (Å²) < 4.78 is 0. The van der Waals surface area contributed by atoms with Gasteiger partial charge in [-0.25, -0.2) is 0 Å². The lowest BCUT2D eigenvalue weighted by Gasteiger charge is -2.51. The summed E-state index contributed by atoms with van der Waals surface area (Å²) in [4.78, 5) is 6.44. The maximum Gasteiger partial charge on any atom is 0.0635 e. The summed E-state index contributed by atoms with van der Waals surface area (Å²) in [5, 5.41) is 13.1. The number of hydrogen-bond acceptors (Lipinski definition) is 5. The quantitative estimate of drug-likeness (QED) is 0.229. The average molecular weight is 772 g/mol. The van der Waals surface area contributed by atoms with E-state index >= 15 is 0 Å². The summed E-state index contributed by atoms with van der Waals surface area (Å²) >= 11 is 0. The SMILES string of the molecule is C1CCC(C2CC(C3CCC(C4CCC(N5C6CCCCC6C6CC(N(C7CCCCC7)C7CCCCC7)CNC65)CC4)CC3)NC(C3CCCCC3)N2)CC1. The van der Waals surface area contributed by atoms with E-state index in [4.69, 9.17) is 0 Å². The molecule has 10 aliphatic rings. The lowest BCUT2D eigenvalue weighted by atomic mass is 9.67. The van der Waals surface area contributed by atoms with Gasteiger partial charge in [0.15, 0.2) is 0 Å². The van der Waals surface area contributed by atoms with Crippen molar-refractivity contribution in [3.63, 3.8) is 0 Å². The van der Waals surface area contributed by atoms with E-state index in [1.165, 1.54) is 225 Å². The number of rotatable bonds is 8. The molecule has 3 saturated heterocycles. The fourth-order valence-electron chi connectivity index (χ4n) is 17.0. The highest BCUT2D eigenvalue weighted by Gasteiger charge is 2.55. The third-order valence-corrected chi connectivity index (χ3v) is 19.8. The van der Waals surface area contributed by atoms with Crippen LogP contribution >= 0.6 is 0 Å². The van der Waals surface area contributed by atoms with Gasteiger partial charge in [-0.1, -0.05) is 89.9 Å². The van der Waals surface area contributed by atoms with Crippen molar-refractivity contribution in [3.8, 4) is 0 Å². The van der Waals surface area contributed by atoms with Crippen LogP contribution in [-0.4, -0.2) is 71.0 Å². The van der Waals surface area contributed by atoms with Gasteiger partial charge < -0.3 is 0 Å². The van der Waals surface area contributed by atoms with Gasteiger partial charge in [0.1, 0.15) is 0 Å². The Labute approximate surface area is 345 Å². The standard InChI is InChI=1S/C51H89N5/c1-5-15-38(16-6-1)47-34-48(54-50(53-47)40-17-7-2-8-18-40)39-27-25-36(26-28-39)37-29-31-43(32-30-37)56-49-24-14-13-23-45(49)46-33-44(35-52-51(46)56)55(41-19-9-3-10-20-41)42-21-11-4-12-22-42/h36-54H,1-35H2. The molecule has 0 amide bonds. The van der Waals surface area contributed by atoms with Crippen LogP contribution in [0.25, 0.3) is 0 Å². The van der Waals surface area contributed by atoms with Gasteiger partial charge in [-0.3, -0.25) is 25.8 Å². The molecule has 318 valence electrons. The second-order valence-corrected chi connectivity index (χ2v) is 22.7. The predicted molar refractivity (Wildman–Crippen MR) is 233 cm³/mol. The van der Waals surface area contributed by atoms with Gasteiger partial charge in [0, 0.05) is 48.8 Å². The van der Waals surface area contributed by atoms with Gasteiger partial charge in [0.05, 0.1) is 12.3 Å². The fraction of sp³-hybridized carbons (Fsp3) is 1.00. The highest BCUT2D eigenvalue weighted by Crippen LogP contribution is 2.51. The van der Waals surface area contributed by atoms with E-state index in [2.05, 4.69) is 25.8 Å². The third-order valence-electron chi connectivity index (χ3n) is 19.8. The summed E-state index contributed by atoms with van der Waals surface area (Å²) in [6.07, 6.45) is 52.0. The zero-order chi connectivity index (χ0) is 37.3. The van der Waals surface area contributed by atoms with E-state index in [1.54, 1.807) is 0 Å². The van der Waals surface area contributed by atoms with Gasteiger partial charge in [-0.2, -0.15) is 0 Å². The molecule has 0 radical (unpaired) electrons. The zero-order valence-corrected chi connectivity index (χ0v) is 36.4. The topological polar surface area (TPSA) is 42.6 Å². The van der Waals surface area contributed by atoms with E-state index in [-0.39, 0.29) is 0 Å². The van der Waals surface area contributed by atoms with Crippen molar-refractivity contribution in [2.24, 2.45) is 41.4 Å². The van der Waals surface area contributed by atoms with Crippen LogP contribution in [0.15, 0.2) is 0 Å². The minimum absolute atomic E-state index is 0.597.